The molecule has 3 atom stereocenters. The predicted octanol–water partition coefficient (Wildman–Crippen LogP) is 12.5. The number of alkyl halides is 3. The zero-order valence-corrected chi connectivity index (χ0v) is 42.9. The molecule has 0 spiro atoms. The molecule has 0 aliphatic rings. The smallest absolute Gasteiger partial charge is 0.258 e. The van der Waals surface area contributed by atoms with E-state index in [4.69, 9.17) is 67.5 Å². The Morgan fingerprint density at radius 1 is 0.563 bits per heavy atom. The first-order chi connectivity index (χ1) is 33.9. The van der Waals surface area contributed by atoms with Crippen LogP contribution < -0.4 is 30.7 Å². The van der Waals surface area contributed by atoms with E-state index >= 15 is 0 Å². The van der Waals surface area contributed by atoms with E-state index < -0.39 is 52.7 Å². The van der Waals surface area contributed by atoms with E-state index in [0.29, 0.717) is 66.3 Å². The number of hydrogen-bond donors (Lipinski definition) is 4. The fourth-order valence-corrected chi connectivity index (χ4v) is 7.82. The van der Waals surface area contributed by atoms with Gasteiger partial charge in [0.1, 0.15) is 11.5 Å². The topological polar surface area (TPSA) is 218 Å². The second-order valence-corrected chi connectivity index (χ2v) is 17.8. The van der Waals surface area contributed by atoms with Crippen LogP contribution in [0.2, 0.25) is 10.0 Å². The Morgan fingerprint density at radius 2 is 0.986 bits per heavy atom. The summed E-state index contributed by atoms with van der Waals surface area (Å²) in [6, 6.07) is 20.0. The van der Waals surface area contributed by atoms with Crippen molar-refractivity contribution in [2.24, 2.45) is 20.5 Å². The molecule has 5 aromatic rings. The first-order valence-electron chi connectivity index (χ1n) is 22.0. The summed E-state index contributed by atoms with van der Waals surface area (Å²) in [5.41, 5.74) is 3.83. The first-order valence-corrected chi connectivity index (χ1v) is 24.3. The predicted molar refractivity (Wildman–Crippen MR) is 279 cm³/mol. The molecule has 0 fully saturated rings. The Kier molecular flexibility index (Phi) is 20.9. The molecule has 0 aromatic heterocycles. The number of ketones is 2. The van der Waals surface area contributed by atoms with Crippen molar-refractivity contribution >= 4 is 127 Å². The minimum Gasteiger partial charge on any atom is -0.494 e. The van der Waals surface area contributed by atoms with Crippen LogP contribution in [0.4, 0.5) is 34.1 Å². The molecule has 372 valence electrons. The average molecular weight is 1070 g/mol. The van der Waals surface area contributed by atoms with Gasteiger partial charge in [-0.2, -0.15) is 20.5 Å². The number of amides is 4. The third kappa shape index (κ3) is 16.0. The van der Waals surface area contributed by atoms with Crippen molar-refractivity contribution in [3.05, 3.63) is 129 Å². The van der Waals surface area contributed by atoms with Gasteiger partial charge < -0.3 is 30.7 Å². The van der Waals surface area contributed by atoms with Crippen LogP contribution in [0.3, 0.4) is 0 Å². The van der Waals surface area contributed by atoms with E-state index in [0.717, 1.165) is 25.0 Å². The fraction of sp³-hybridized carbons (Fsp3) is 0.280. The number of nitrogens with zero attached hydrogens (tertiary/aromatic N) is 4. The lowest BCUT2D eigenvalue weighted by atomic mass is 10.1. The monoisotopic (exact) mass is 1060 g/mol. The maximum absolute atomic E-state index is 13.6. The molecule has 21 heteroatoms. The number of carbonyl (C=O) groups excluding carboxylic acids is 6. The van der Waals surface area contributed by atoms with Gasteiger partial charge in [-0.3, -0.25) is 28.8 Å². The van der Waals surface area contributed by atoms with E-state index in [1.165, 1.54) is 54.6 Å². The van der Waals surface area contributed by atoms with Crippen molar-refractivity contribution in [2.75, 3.05) is 46.2 Å². The number of hydrogen-bond acceptors (Lipinski definition) is 12. The number of Topliss-reactive ketones (excluding diaryl/α,β-unsaturated/α-hetero) is 2. The third-order valence-electron chi connectivity index (χ3n) is 10.1. The standard InChI is InChI=1S/C50H49Cl5N8O8/c1-6-70-43-25-37(10-8-30(43)14-16-51)56-47(66)32-18-34(54)22-39(20-32)60-62-45(28(4)64)49(68)58-36-12-13-42(41(24-36)27(3)53)59-50(69)46(29(5)65)63-61-40-21-33(19-35(55)23-40)48(67)57-38-11-9-31(15-17-52)44(26-38)71-7-2/h8-13,18-27,45-46H,6-7,14-17H2,1-5H3,(H,56,66)(H,57,67)(H,58,68)(H,59,69). The van der Waals surface area contributed by atoms with E-state index in [-0.39, 0.29) is 43.9 Å². The SMILES string of the molecule is CCOc1cc(NC(=O)c2cc(Cl)cc(N=NC(C(C)=O)C(=O)Nc3ccc(NC(=O)C(N=Nc4cc(Cl)cc(C(=O)Nc5ccc(CCCl)c(OCC)c5)c4)C(C)=O)c(C(C)Cl)c3)c2)ccc1CCCl. The van der Waals surface area contributed by atoms with Crippen LogP contribution in [-0.4, -0.2) is 72.3 Å². The summed E-state index contributed by atoms with van der Waals surface area (Å²) in [4.78, 5) is 79.1. The zero-order valence-electron chi connectivity index (χ0n) is 39.1. The van der Waals surface area contributed by atoms with E-state index in [9.17, 15) is 28.8 Å². The maximum atomic E-state index is 13.6. The average Bonchev–Trinajstić information content (AvgIpc) is 3.31. The number of carbonyl (C=O) groups is 6. The van der Waals surface area contributed by atoms with Crippen molar-refractivity contribution < 1.29 is 38.2 Å². The van der Waals surface area contributed by atoms with Gasteiger partial charge in [0, 0.05) is 67.8 Å². The molecule has 0 heterocycles. The van der Waals surface area contributed by atoms with Crippen LogP contribution in [-0.2, 0) is 32.0 Å². The lowest BCUT2D eigenvalue weighted by Gasteiger charge is -2.17. The van der Waals surface area contributed by atoms with Crippen LogP contribution >= 0.6 is 58.0 Å². The van der Waals surface area contributed by atoms with Crippen LogP contribution in [0.5, 0.6) is 11.5 Å². The van der Waals surface area contributed by atoms with Crippen molar-refractivity contribution in [3.8, 4) is 11.5 Å². The van der Waals surface area contributed by atoms with Crippen LogP contribution in [0.25, 0.3) is 0 Å². The van der Waals surface area contributed by atoms with Gasteiger partial charge >= 0.3 is 0 Å². The van der Waals surface area contributed by atoms with Gasteiger partial charge in [0.05, 0.1) is 30.0 Å². The molecule has 0 radical (unpaired) electrons. The molecule has 71 heavy (non-hydrogen) atoms. The molecule has 0 aliphatic carbocycles. The zero-order chi connectivity index (χ0) is 51.8. The third-order valence-corrected chi connectivity index (χ3v) is 11.2. The van der Waals surface area contributed by atoms with Gasteiger partial charge in [-0.05, 0) is 131 Å². The lowest BCUT2D eigenvalue weighted by molar-refractivity contribution is -0.127. The summed E-state index contributed by atoms with van der Waals surface area (Å²) >= 11 is 31.1. The van der Waals surface area contributed by atoms with Gasteiger partial charge in [-0.15, -0.1) is 34.8 Å². The Bertz CT molecular complexity index is 2860. The molecule has 4 N–H and O–H groups in total. The van der Waals surface area contributed by atoms with Crippen LogP contribution in [0, 0.1) is 0 Å². The Morgan fingerprint density at radius 3 is 1.39 bits per heavy atom. The second kappa shape index (κ2) is 26.7. The normalized spacial score (nSPS) is 12.5. The molecule has 16 nitrogen and oxygen atoms in total. The maximum Gasteiger partial charge on any atom is 0.258 e. The number of anilines is 4. The van der Waals surface area contributed by atoms with Crippen molar-refractivity contribution in [2.45, 2.75) is 64.9 Å². The molecule has 4 amide bonds. The Hall–Kier alpha value is -6.43. The highest BCUT2D eigenvalue weighted by Crippen LogP contribution is 2.32. The number of ether oxygens (including phenoxy) is 2. The summed E-state index contributed by atoms with van der Waals surface area (Å²) in [7, 11) is 0. The second-order valence-electron chi connectivity index (χ2n) is 15.5. The minimum absolute atomic E-state index is 0.0887. The molecule has 0 aliphatic heterocycles. The summed E-state index contributed by atoms with van der Waals surface area (Å²) in [6.45, 7) is 8.46. The number of rotatable bonds is 23. The number of azo groups is 2. The molecule has 3 unspecified atom stereocenters. The largest absolute Gasteiger partial charge is 0.494 e. The highest BCUT2D eigenvalue weighted by Gasteiger charge is 2.27. The number of aryl methyl sites for hydroxylation is 2. The number of halogens is 5. The van der Waals surface area contributed by atoms with Crippen molar-refractivity contribution in [3.63, 3.8) is 0 Å². The van der Waals surface area contributed by atoms with Crippen molar-refractivity contribution in [1.29, 1.82) is 0 Å². The van der Waals surface area contributed by atoms with Crippen LogP contribution in [0.15, 0.2) is 111 Å². The highest BCUT2D eigenvalue weighted by molar-refractivity contribution is 6.32. The van der Waals surface area contributed by atoms with E-state index in [2.05, 4.69) is 41.7 Å². The van der Waals surface area contributed by atoms with Gasteiger partial charge in [-0.1, -0.05) is 35.3 Å². The van der Waals surface area contributed by atoms with Gasteiger partial charge in [-0.25, -0.2) is 0 Å². The lowest BCUT2D eigenvalue weighted by Crippen LogP contribution is -2.32. The molecule has 0 saturated carbocycles. The Labute approximate surface area is 435 Å². The summed E-state index contributed by atoms with van der Waals surface area (Å²) in [5.74, 6) is -2.07. The minimum atomic E-state index is -1.63. The summed E-state index contributed by atoms with van der Waals surface area (Å²) < 4.78 is 11.4. The van der Waals surface area contributed by atoms with Gasteiger partial charge in [0.2, 0.25) is 12.1 Å². The number of benzene rings is 5. The van der Waals surface area contributed by atoms with Crippen molar-refractivity contribution in [1.82, 2.24) is 0 Å². The molecule has 0 saturated heterocycles. The Balaban J connectivity index is 1.27. The molecule has 0 bridgehead atoms. The summed E-state index contributed by atoms with van der Waals surface area (Å²) in [5, 5.41) is 26.6. The van der Waals surface area contributed by atoms with Crippen LogP contribution in [0.1, 0.15) is 77.4 Å². The summed E-state index contributed by atoms with van der Waals surface area (Å²) in [6.07, 6.45) is 1.16. The van der Waals surface area contributed by atoms with Gasteiger partial charge in [0.25, 0.3) is 23.6 Å². The number of nitrogens with one attached hydrogen (secondary N) is 4. The van der Waals surface area contributed by atoms with Gasteiger partial charge in [0.15, 0.2) is 11.6 Å². The molecule has 5 aromatic carbocycles. The quantitative estimate of drug-likeness (QED) is 0.0279. The highest BCUT2D eigenvalue weighted by atomic mass is 35.5. The molecule has 5 rings (SSSR count). The molecular formula is C50H49Cl5N8O8. The first kappa shape index (κ1) is 55.5. The van der Waals surface area contributed by atoms with E-state index in [1.807, 2.05) is 26.0 Å². The fourth-order valence-electron chi connectivity index (χ4n) is 6.77. The molecular weight excluding hydrogens is 1020 g/mol. The van der Waals surface area contributed by atoms with E-state index in [1.54, 1.807) is 31.2 Å².